The minimum absolute atomic E-state index is 0.236. The lowest BCUT2D eigenvalue weighted by Crippen LogP contribution is -2.35. The molecule has 2 fully saturated rings. The van der Waals surface area contributed by atoms with Gasteiger partial charge in [0.15, 0.2) is 0 Å². The fourth-order valence-electron chi connectivity index (χ4n) is 3.17. The molecule has 0 bridgehead atoms. The molecule has 0 spiro atoms. The lowest BCUT2D eigenvalue weighted by Gasteiger charge is -2.22. The molecule has 0 N–H and O–H groups in total. The van der Waals surface area contributed by atoms with E-state index in [-0.39, 0.29) is 6.04 Å². The lowest BCUT2D eigenvalue weighted by atomic mass is 10.0. The fourth-order valence-corrected chi connectivity index (χ4v) is 3.17. The predicted molar refractivity (Wildman–Crippen MR) is 63.0 cm³/mol. The first-order valence-corrected chi connectivity index (χ1v) is 6.15. The highest BCUT2D eigenvalue weighted by Gasteiger charge is 2.42. The molecule has 2 heteroatoms. The zero-order valence-electron chi connectivity index (χ0n) is 9.43. The molecule has 84 valence electrons. The van der Waals surface area contributed by atoms with Gasteiger partial charge in [-0.1, -0.05) is 30.3 Å². The van der Waals surface area contributed by atoms with Gasteiger partial charge < -0.3 is 0 Å². The minimum Gasteiger partial charge on any atom is -0.298 e. The van der Waals surface area contributed by atoms with Crippen LogP contribution in [0.2, 0.25) is 0 Å². The number of benzene rings is 1. The Labute approximate surface area is 96.3 Å². The molecule has 16 heavy (non-hydrogen) atoms. The van der Waals surface area contributed by atoms with Crippen molar-refractivity contribution in [2.45, 2.75) is 31.8 Å². The summed E-state index contributed by atoms with van der Waals surface area (Å²) in [7, 11) is 0. The van der Waals surface area contributed by atoms with Gasteiger partial charge in [0.2, 0.25) is 0 Å². The van der Waals surface area contributed by atoms with Crippen molar-refractivity contribution in [3.63, 3.8) is 0 Å². The molecule has 1 heterocycles. The van der Waals surface area contributed by atoms with E-state index < -0.39 is 0 Å². The van der Waals surface area contributed by atoms with Crippen molar-refractivity contribution in [2.24, 2.45) is 5.92 Å². The summed E-state index contributed by atoms with van der Waals surface area (Å²) in [5.74, 6) is 1.12. The number of Topliss-reactive ketones (excluding diaryl/α,β-unsaturated/α-hetero) is 1. The number of carbonyl (C=O) groups excluding carboxylic acids is 1. The maximum absolute atomic E-state index is 11.8. The van der Waals surface area contributed by atoms with Crippen LogP contribution in [0.15, 0.2) is 30.3 Å². The Morgan fingerprint density at radius 2 is 2.00 bits per heavy atom. The van der Waals surface area contributed by atoms with Crippen molar-refractivity contribution in [3.8, 4) is 0 Å². The van der Waals surface area contributed by atoms with Crippen LogP contribution in [0.5, 0.6) is 0 Å². The number of likely N-dealkylation sites (tertiary alicyclic amines) is 1. The van der Waals surface area contributed by atoms with Crippen LogP contribution < -0.4 is 0 Å². The van der Waals surface area contributed by atoms with Crippen molar-refractivity contribution in [2.75, 3.05) is 6.54 Å². The molecule has 0 aromatic heterocycles. The average Bonchev–Trinajstić information content (AvgIpc) is 2.86. The van der Waals surface area contributed by atoms with E-state index in [4.69, 9.17) is 0 Å². The zero-order valence-corrected chi connectivity index (χ0v) is 9.43. The molecular formula is C14H17NO. The third kappa shape index (κ3) is 1.67. The van der Waals surface area contributed by atoms with E-state index in [0.717, 1.165) is 25.9 Å². The molecule has 1 aromatic rings. The second-order valence-electron chi connectivity index (χ2n) is 4.95. The number of ketones is 1. The van der Waals surface area contributed by atoms with Gasteiger partial charge in [0.05, 0.1) is 6.04 Å². The van der Waals surface area contributed by atoms with Crippen LogP contribution in [0.1, 0.15) is 24.8 Å². The Balaban J connectivity index is 1.74. The first-order valence-electron chi connectivity index (χ1n) is 6.15. The predicted octanol–water partition coefficient (Wildman–Crippen LogP) is 2.24. The summed E-state index contributed by atoms with van der Waals surface area (Å²) in [4.78, 5) is 14.2. The maximum Gasteiger partial charge on any atom is 0.150 e. The SMILES string of the molecule is O=C1CC[C@@H]2CCN(Cc3ccccc3)[C@H]12. The first kappa shape index (κ1) is 10.0. The van der Waals surface area contributed by atoms with Crippen molar-refractivity contribution >= 4 is 5.78 Å². The van der Waals surface area contributed by atoms with E-state index in [1.807, 2.05) is 6.07 Å². The second-order valence-corrected chi connectivity index (χ2v) is 4.95. The van der Waals surface area contributed by atoms with E-state index >= 15 is 0 Å². The van der Waals surface area contributed by atoms with E-state index in [9.17, 15) is 4.79 Å². The number of rotatable bonds is 2. The van der Waals surface area contributed by atoms with Crippen molar-refractivity contribution in [1.82, 2.24) is 4.90 Å². The van der Waals surface area contributed by atoms with Gasteiger partial charge in [-0.3, -0.25) is 9.69 Å². The van der Waals surface area contributed by atoms with Crippen molar-refractivity contribution in [1.29, 1.82) is 0 Å². The highest BCUT2D eigenvalue weighted by Crippen LogP contribution is 2.36. The van der Waals surface area contributed by atoms with E-state index in [1.165, 1.54) is 12.0 Å². The Morgan fingerprint density at radius 3 is 2.81 bits per heavy atom. The van der Waals surface area contributed by atoms with Gasteiger partial charge in [-0.05, 0) is 30.9 Å². The van der Waals surface area contributed by atoms with Crippen LogP contribution >= 0.6 is 0 Å². The van der Waals surface area contributed by atoms with Gasteiger partial charge in [-0.15, -0.1) is 0 Å². The van der Waals surface area contributed by atoms with E-state index in [0.29, 0.717) is 11.7 Å². The lowest BCUT2D eigenvalue weighted by molar-refractivity contribution is -0.121. The summed E-state index contributed by atoms with van der Waals surface area (Å²) >= 11 is 0. The van der Waals surface area contributed by atoms with E-state index in [1.54, 1.807) is 0 Å². The third-order valence-electron chi connectivity index (χ3n) is 3.95. The number of carbonyl (C=O) groups is 1. The standard InChI is InChI=1S/C14H17NO/c16-13-7-6-12-8-9-15(14(12)13)10-11-4-2-1-3-5-11/h1-5,12,14H,6-10H2/t12-,14+/m1/s1. The molecular weight excluding hydrogens is 198 g/mol. The molecule has 1 aromatic carbocycles. The Bertz CT molecular complexity index is 387. The number of hydrogen-bond donors (Lipinski definition) is 0. The maximum atomic E-state index is 11.8. The van der Waals surface area contributed by atoms with Crippen LogP contribution in [0.25, 0.3) is 0 Å². The van der Waals surface area contributed by atoms with Crippen molar-refractivity contribution < 1.29 is 4.79 Å². The molecule has 1 aliphatic carbocycles. The van der Waals surface area contributed by atoms with Crippen molar-refractivity contribution in [3.05, 3.63) is 35.9 Å². The fraction of sp³-hybridized carbons (Fsp3) is 0.500. The molecule has 0 amide bonds. The summed E-state index contributed by atoms with van der Waals surface area (Å²) in [5, 5.41) is 0. The first-order chi connectivity index (χ1) is 7.84. The number of fused-ring (bicyclic) bond motifs is 1. The second kappa shape index (κ2) is 4.02. The summed E-state index contributed by atoms with van der Waals surface area (Å²) in [6.07, 6.45) is 3.14. The highest BCUT2D eigenvalue weighted by molar-refractivity contribution is 5.86. The molecule has 0 unspecified atom stereocenters. The molecule has 2 atom stereocenters. The molecule has 2 nitrogen and oxygen atoms in total. The smallest absolute Gasteiger partial charge is 0.150 e. The molecule has 1 saturated carbocycles. The summed E-state index contributed by atoms with van der Waals surface area (Å²) in [5.41, 5.74) is 1.32. The van der Waals surface area contributed by atoms with Gasteiger partial charge in [0, 0.05) is 13.0 Å². The average molecular weight is 215 g/mol. The van der Waals surface area contributed by atoms with Gasteiger partial charge >= 0.3 is 0 Å². The largest absolute Gasteiger partial charge is 0.298 e. The van der Waals surface area contributed by atoms with Crippen LogP contribution in [-0.2, 0) is 11.3 Å². The van der Waals surface area contributed by atoms with Crippen LogP contribution in [0.4, 0.5) is 0 Å². The number of hydrogen-bond acceptors (Lipinski definition) is 2. The monoisotopic (exact) mass is 215 g/mol. The highest BCUT2D eigenvalue weighted by atomic mass is 16.1. The molecule has 3 rings (SSSR count). The normalized spacial score (nSPS) is 29.6. The van der Waals surface area contributed by atoms with Crippen LogP contribution in [-0.4, -0.2) is 23.3 Å². The Morgan fingerprint density at radius 1 is 1.19 bits per heavy atom. The summed E-state index contributed by atoms with van der Waals surface area (Å²) < 4.78 is 0. The third-order valence-corrected chi connectivity index (χ3v) is 3.95. The Hall–Kier alpha value is -1.15. The van der Waals surface area contributed by atoms with Gasteiger partial charge in [-0.2, -0.15) is 0 Å². The topological polar surface area (TPSA) is 20.3 Å². The zero-order chi connectivity index (χ0) is 11.0. The molecule has 1 saturated heterocycles. The van der Waals surface area contributed by atoms with Gasteiger partial charge in [0.1, 0.15) is 5.78 Å². The molecule has 2 aliphatic rings. The van der Waals surface area contributed by atoms with Crippen LogP contribution in [0, 0.1) is 5.92 Å². The molecule has 0 radical (unpaired) electrons. The summed E-state index contributed by atoms with van der Waals surface area (Å²) in [6.45, 7) is 2.03. The minimum atomic E-state index is 0.236. The Kier molecular flexibility index (Phi) is 2.52. The van der Waals surface area contributed by atoms with E-state index in [2.05, 4.69) is 29.2 Å². The van der Waals surface area contributed by atoms with Crippen LogP contribution in [0.3, 0.4) is 0 Å². The van der Waals surface area contributed by atoms with Gasteiger partial charge in [0.25, 0.3) is 0 Å². The van der Waals surface area contributed by atoms with Gasteiger partial charge in [-0.25, -0.2) is 0 Å². The molecule has 1 aliphatic heterocycles. The quantitative estimate of drug-likeness (QED) is 0.754. The summed E-state index contributed by atoms with van der Waals surface area (Å²) in [6, 6.07) is 10.7. The number of nitrogens with zero attached hydrogens (tertiary/aromatic N) is 1.